The first-order valence-electron chi connectivity index (χ1n) is 9.70. The fraction of sp³-hybridized carbons (Fsp3) is 0.409. The normalized spacial score (nSPS) is 22.6. The predicted molar refractivity (Wildman–Crippen MR) is 121 cm³/mol. The monoisotopic (exact) mass is 510 g/mol. The van der Waals surface area contributed by atoms with Crippen LogP contribution in [0.1, 0.15) is 24.8 Å². The number of rotatable bonds is 4. The second kappa shape index (κ2) is 8.30. The highest BCUT2D eigenvalue weighted by Crippen LogP contribution is 2.34. The number of likely N-dealkylation sites (tertiary alicyclic amines) is 1. The Morgan fingerprint density at radius 2 is 1.71 bits per heavy atom. The number of amides is 1. The van der Waals surface area contributed by atoms with Crippen molar-refractivity contribution >= 4 is 45.8 Å². The van der Waals surface area contributed by atoms with Crippen LogP contribution in [0.3, 0.4) is 0 Å². The number of halogens is 2. The Hall–Kier alpha value is -1.15. The van der Waals surface area contributed by atoms with Crippen LogP contribution in [-0.4, -0.2) is 42.1 Å². The molecule has 28 heavy (non-hydrogen) atoms. The van der Waals surface area contributed by atoms with Crippen LogP contribution in [0.2, 0.25) is 5.02 Å². The van der Waals surface area contributed by atoms with Crippen molar-refractivity contribution < 1.29 is 9.90 Å². The van der Waals surface area contributed by atoms with Gasteiger partial charge in [-0.05, 0) is 83.3 Å². The summed E-state index contributed by atoms with van der Waals surface area (Å²) in [6.45, 7) is 3.36. The number of aliphatic hydroxyl groups is 1. The Balaban J connectivity index is 1.33. The van der Waals surface area contributed by atoms with Gasteiger partial charge in [0, 0.05) is 46.9 Å². The van der Waals surface area contributed by atoms with Crippen LogP contribution in [0, 0.1) is 9.49 Å². The summed E-state index contributed by atoms with van der Waals surface area (Å²) >= 11 is 8.24. The highest BCUT2D eigenvalue weighted by molar-refractivity contribution is 14.1. The molecular formula is C22H24ClIN2O2. The average Bonchev–Trinajstić information content (AvgIpc) is 3.05. The smallest absolute Gasteiger partial charge is 0.227 e. The largest absolute Gasteiger partial charge is 0.385 e. The van der Waals surface area contributed by atoms with Gasteiger partial charge in [0.25, 0.3) is 0 Å². The number of carbonyl (C=O) groups is 1. The Labute approximate surface area is 184 Å². The molecule has 0 aromatic heterocycles. The Morgan fingerprint density at radius 3 is 2.36 bits per heavy atom. The molecule has 2 heterocycles. The minimum absolute atomic E-state index is 0.180. The molecule has 0 aliphatic carbocycles. The zero-order chi connectivity index (χ0) is 19.7. The number of hydrogen-bond donors (Lipinski definition) is 1. The van der Waals surface area contributed by atoms with Crippen molar-refractivity contribution in [2.45, 2.75) is 24.9 Å². The zero-order valence-electron chi connectivity index (χ0n) is 15.7. The second-order valence-corrected chi connectivity index (χ2v) is 9.57. The number of nitrogens with zero attached hydrogens (tertiary/aromatic N) is 2. The molecule has 0 unspecified atom stereocenters. The lowest BCUT2D eigenvalue weighted by atomic mass is 9.84. The van der Waals surface area contributed by atoms with E-state index in [2.05, 4.69) is 39.6 Å². The number of anilines is 1. The topological polar surface area (TPSA) is 43.8 Å². The summed E-state index contributed by atoms with van der Waals surface area (Å²) in [5.41, 5.74) is 1.20. The van der Waals surface area contributed by atoms with E-state index in [4.69, 9.17) is 11.6 Å². The lowest BCUT2D eigenvalue weighted by Gasteiger charge is -2.39. The lowest BCUT2D eigenvalue weighted by Crippen LogP contribution is -2.44. The average molecular weight is 511 g/mol. The molecule has 1 N–H and O–H groups in total. The molecule has 0 saturated carbocycles. The van der Waals surface area contributed by atoms with Gasteiger partial charge in [-0.1, -0.05) is 23.7 Å². The van der Waals surface area contributed by atoms with Gasteiger partial charge in [0.1, 0.15) is 0 Å². The van der Waals surface area contributed by atoms with Crippen molar-refractivity contribution in [3.8, 4) is 0 Å². The van der Waals surface area contributed by atoms with Gasteiger partial charge in [-0.15, -0.1) is 0 Å². The van der Waals surface area contributed by atoms with Gasteiger partial charge in [-0.3, -0.25) is 4.79 Å². The summed E-state index contributed by atoms with van der Waals surface area (Å²) in [6, 6.07) is 15.6. The van der Waals surface area contributed by atoms with Crippen LogP contribution in [0.25, 0.3) is 0 Å². The maximum absolute atomic E-state index is 12.5. The molecule has 2 aliphatic heterocycles. The fourth-order valence-corrected chi connectivity index (χ4v) is 4.78. The SMILES string of the molecule is O=C1C[C@@H](CN2CCC(O)(c3ccc(I)cc3)CC2)CN1c1ccc(Cl)cc1. The summed E-state index contributed by atoms with van der Waals surface area (Å²) < 4.78 is 1.18. The zero-order valence-corrected chi connectivity index (χ0v) is 18.6. The molecule has 1 amide bonds. The van der Waals surface area contributed by atoms with E-state index in [9.17, 15) is 9.90 Å². The van der Waals surface area contributed by atoms with E-state index >= 15 is 0 Å². The third kappa shape index (κ3) is 4.37. The van der Waals surface area contributed by atoms with E-state index in [0.717, 1.165) is 50.3 Å². The highest BCUT2D eigenvalue weighted by atomic mass is 127. The number of carbonyl (C=O) groups excluding carboxylic acids is 1. The van der Waals surface area contributed by atoms with E-state index in [1.807, 2.05) is 41.3 Å². The molecule has 2 saturated heterocycles. The molecule has 0 radical (unpaired) electrons. The van der Waals surface area contributed by atoms with E-state index in [1.165, 1.54) is 3.57 Å². The van der Waals surface area contributed by atoms with Crippen molar-refractivity contribution in [2.24, 2.45) is 5.92 Å². The molecular weight excluding hydrogens is 487 g/mol. The second-order valence-electron chi connectivity index (χ2n) is 7.89. The molecule has 1 atom stereocenters. The summed E-state index contributed by atoms with van der Waals surface area (Å²) in [6.07, 6.45) is 2.05. The number of hydrogen-bond acceptors (Lipinski definition) is 3. The van der Waals surface area contributed by atoms with E-state index in [1.54, 1.807) is 0 Å². The van der Waals surface area contributed by atoms with E-state index in [0.29, 0.717) is 17.4 Å². The van der Waals surface area contributed by atoms with Crippen LogP contribution < -0.4 is 4.90 Å². The molecule has 4 rings (SSSR count). The van der Waals surface area contributed by atoms with Gasteiger partial charge < -0.3 is 14.9 Å². The molecule has 2 fully saturated rings. The van der Waals surface area contributed by atoms with E-state index < -0.39 is 5.60 Å². The predicted octanol–water partition coefficient (Wildman–Crippen LogP) is 4.28. The van der Waals surface area contributed by atoms with Crippen LogP contribution in [0.15, 0.2) is 48.5 Å². The number of piperidine rings is 1. The van der Waals surface area contributed by atoms with Crippen molar-refractivity contribution in [3.05, 3.63) is 62.7 Å². The van der Waals surface area contributed by atoms with Crippen molar-refractivity contribution in [2.75, 3.05) is 31.1 Å². The van der Waals surface area contributed by atoms with Crippen molar-refractivity contribution in [1.82, 2.24) is 4.90 Å². The maximum Gasteiger partial charge on any atom is 0.227 e. The first-order chi connectivity index (χ1) is 13.4. The summed E-state index contributed by atoms with van der Waals surface area (Å²) in [7, 11) is 0. The molecule has 0 spiro atoms. The Kier molecular flexibility index (Phi) is 5.97. The van der Waals surface area contributed by atoms with Crippen LogP contribution in [0.4, 0.5) is 5.69 Å². The highest BCUT2D eigenvalue weighted by Gasteiger charge is 2.36. The molecule has 2 aromatic carbocycles. The minimum atomic E-state index is -0.734. The maximum atomic E-state index is 12.5. The Bertz CT molecular complexity index is 833. The van der Waals surface area contributed by atoms with Gasteiger partial charge in [0.15, 0.2) is 0 Å². The molecule has 2 aliphatic rings. The number of benzene rings is 2. The molecule has 0 bridgehead atoms. The summed E-state index contributed by atoms with van der Waals surface area (Å²) in [5.74, 6) is 0.507. The third-order valence-corrected chi connectivity index (χ3v) is 6.90. The fourth-order valence-electron chi connectivity index (χ4n) is 4.29. The van der Waals surface area contributed by atoms with Crippen LogP contribution in [-0.2, 0) is 10.4 Å². The van der Waals surface area contributed by atoms with E-state index in [-0.39, 0.29) is 5.91 Å². The third-order valence-electron chi connectivity index (χ3n) is 5.92. The molecule has 2 aromatic rings. The summed E-state index contributed by atoms with van der Waals surface area (Å²) in [4.78, 5) is 16.7. The van der Waals surface area contributed by atoms with Gasteiger partial charge in [0.2, 0.25) is 5.91 Å². The molecule has 6 heteroatoms. The standard InChI is InChI=1S/C22H24ClIN2O2/c23-18-3-7-20(8-4-18)26-15-16(13-21(26)27)14-25-11-9-22(28,10-12-25)17-1-5-19(24)6-2-17/h1-8,16,28H,9-15H2/t16-/m0/s1. The molecule has 4 nitrogen and oxygen atoms in total. The van der Waals surface area contributed by atoms with Gasteiger partial charge in [0.05, 0.1) is 5.60 Å². The lowest BCUT2D eigenvalue weighted by molar-refractivity contribution is -0.117. The van der Waals surface area contributed by atoms with Crippen LogP contribution in [0.5, 0.6) is 0 Å². The Morgan fingerprint density at radius 1 is 1.07 bits per heavy atom. The quantitative estimate of drug-likeness (QED) is 0.625. The van der Waals surface area contributed by atoms with Gasteiger partial charge in [-0.25, -0.2) is 0 Å². The summed E-state index contributed by atoms with van der Waals surface area (Å²) in [5, 5.41) is 11.7. The van der Waals surface area contributed by atoms with Gasteiger partial charge >= 0.3 is 0 Å². The first kappa shape index (κ1) is 20.1. The van der Waals surface area contributed by atoms with Crippen molar-refractivity contribution in [3.63, 3.8) is 0 Å². The van der Waals surface area contributed by atoms with Crippen molar-refractivity contribution in [1.29, 1.82) is 0 Å². The molecule has 148 valence electrons. The van der Waals surface area contributed by atoms with Gasteiger partial charge in [-0.2, -0.15) is 0 Å². The first-order valence-corrected chi connectivity index (χ1v) is 11.2. The minimum Gasteiger partial charge on any atom is -0.385 e. The van der Waals surface area contributed by atoms with Crippen LogP contribution >= 0.6 is 34.2 Å².